The smallest absolute Gasteiger partial charge is 0.256 e. The van der Waals surface area contributed by atoms with Crippen molar-refractivity contribution in [3.63, 3.8) is 0 Å². The topological polar surface area (TPSA) is 73.8 Å². The summed E-state index contributed by atoms with van der Waals surface area (Å²) in [4.78, 5) is 32.7. The highest BCUT2D eigenvalue weighted by molar-refractivity contribution is 6.40. The first-order chi connectivity index (χ1) is 16.0. The first-order valence-electron chi connectivity index (χ1n) is 11.5. The van der Waals surface area contributed by atoms with Gasteiger partial charge in [-0.15, -0.1) is 0 Å². The number of anilines is 2. The third-order valence-corrected chi connectivity index (χ3v) is 5.91. The molecule has 1 amide bonds. The average molecular weight is 443 g/mol. The van der Waals surface area contributed by atoms with Crippen LogP contribution >= 0.6 is 0 Å². The lowest BCUT2D eigenvalue weighted by Crippen LogP contribution is -2.41. The lowest BCUT2D eigenvalue weighted by Gasteiger charge is -2.30. The molecular formula is C27H30N4O2. The Labute approximate surface area is 195 Å². The van der Waals surface area contributed by atoms with Gasteiger partial charge in [0.2, 0.25) is 5.78 Å². The van der Waals surface area contributed by atoms with Crippen molar-refractivity contribution in [3.05, 3.63) is 83.1 Å². The van der Waals surface area contributed by atoms with Crippen LogP contribution in [0.15, 0.2) is 76.9 Å². The first-order valence-corrected chi connectivity index (χ1v) is 11.5. The molecule has 0 bridgehead atoms. The predicted octanol–water partition coefficient (Wildman–Crippen LogP) is 4.39. The largest absolute Gasteiger partial charge is 0.364 e. The maximum atomic E-state index is 13.3. The molecule has 33 heavy (non-hydrogen) atoms. The van der Waals surface area contributed by atoms with E-state index in [1.807, 2.05) is 55.1 Å². The minimum Gasteiger partial charge on any atom is -0.364 e. The number of ketones is 1. The number of benzene rings is 2. The van der Waals surface area contributed by atoms with E-state index < -0.39 is 0 Å². The fraction of sp³-hybridized carbons (Fsp3) is 0.296. The number of Topliss-reactive ketones (excluding diaryl/α,β-unsaturated/α-hetero) is 1. The van der Waals surface area contributed by atoms with Gasteiger partial charge in [-0.05, 0) is 75.4 Å². The number of carbonyl (C=O) groups excluding carboxylic acids is 2. The van der Waals surface area contributed by atoms with E-state index in [-0.39, 0.29) is 23.4 Å². The number of carbonyl (C=O) groups is 2. The van der Waals surface area contributed by atoms with Gasteiger partial charge in [-0.25, -0.2) is 4.99 Å². The molecule has 2 aromatic rings. The van der Waals surface area contributed by atoms with E-state index in [2.05, 4.69) is 22.8 Å². The standard InChI is InChI=1S/C27H30N4O2/c1-4-23-25(32)24(27(33)28-5-2)17-31(22-15-14-19-10-9-11-20(19)16-22)26(23)30-18(3)29-21-12-7-6-8-13-21/h4,6-8,12-18,29H,5,9-11H2,1-3H3,(H,28,33)/b23-4-,30-26+. The number of nitrogens with one attached hydrogen (secondary N) is 2. The van der Waals surface area contributed by atoms with E-state index in [4.69, 9.17) is 4.99 Å². The van der Waals surface area contributed by atoms with E-state index in [9.17, 15) is 9.59 Å². The molecule has 1 heterocycles. The van der Waals surface area contributed by atoms with E-state index in [0.29, 0.717) is 18.0 Å². The van der Waals surface area contributed by atoms with Gasteiger partial charge in [0.05, 0.1) is 5.57 Å². The summed E-state index contributed by atoms with van der Waals surface area (Å²) < 4.78 is 0. The molecule has 0 radical (unpaired) electrons. The van der Waals surface area contributed by atoms with Crippen LogP contribution in [0.5, 0.6) is 0 Å². The molecular weight excluding hydrogens is 412 g/mol. The second-order valence-electron chi connectivity index (χ2n) is 8.25. The van der Waals surface area contributed by atoms with Gasteiger partial charge in [0.1, 0.15) is 17.6 Å². The van der Waals surface area contributed by atoms with E-state index >= 15 is 0 Å². The Hall–Kier alpha value is -3.67. The van der Waals surface area contributed by atoms with Crippen LogP contribution in [0, 0.1) is 0 Å². The second kappa shape index (κ2) is 9.86. The summed E-state index contributed by atoms with van der Waals surface area (Å²) >= 11 is 0. The third-order valence-electron chi connectivity index (χ3n) is 5.91. The molecule has 0 spiro atoms. The molecule has 0 aromatic heterocycles. The Morgan fingerprint density at radius 2 is 1.91 bits per heavy atom. The summed E-state index contributed by atoms with van der Waals surface area (Å²) in [6.45, 7) is 6.04. The molecule has 2 aliphatic rings. The number of fused-ring (bicyclic) bond motifs is 1. The zero-order valence-corrected chi connectivity index (χ0v) is 19.4. The van der Waals surface area contributed by atoms with E-state index in [1.165, 1.54) is 11.1 Å². The van der Waals surface area contributed by atoms with Gasteiger partial charge >= 0.3 is 0 Å². The predicted molar refractivity (Wildman–Crippen MR) is 133 cm³/mol. The van der Waals surface area contributed by atoms with Crippen LogP contribution in [0.3, 0.4) is 0 Å². The van der Waals surface area contributed by atoms with Crippen molar-refractivity contribution < 1.29 is 9.59 Å². The Bertz CT molecular complexity index is 1150. The monoisotopic (exact) mass is 442 g/mol. The van der Waals surface area contributed by atoms with Gasteiger partial charge < -0.3 is 15.5 Å². The number of nitrogens with zero attached hydrogens (tertiary/aromatic N) is 2. The quantitative estimate of drug-likeness (QED) is 0.514. The number of amidine groups is 1. The highest BCUT2D eigenvalue weighted by Gasteiger charge is 2.34. The van der Waals surface area contributed by atoms with Crippen LogP contribution in [-0.2, 0) is 22.4 Å². The number of hydrogen-bond acceptors (Lipinski definition) is 4. The molecule has 2 N–H and O–H groups in total. The summed E-state index contributed by atoms with van der Waals surface area (Å²) in [6.07, 6.45) is 6.36. The second-order valence-corrected chi connectivity index (χ2v) is 8.25. The molecule has 6 nitrogen and oxygen atoms in total. The van der Waals surface area contributed by atoms with Crippen LogP contribution in [-0.4, -0.2) is 30.2 Å². The minimum atomic E-state index is -0.373. The molecule has 1 aliphatic heterocycles. The number of aliphatic imine (C=N–C) groups is 1. The van der Waals surface area contributed by atoms with Gasteiger partial charge in [-0.3, -0.25) is 9.59 Å². The highest BCUT2D eigenvalue weighted by atomic mass is 16.2. The highest BCUT2D eigenvalue weighted by Crippen LogP contribution is 2.31. The summed E-state index contributed by atoms with van der Waals surface area (Å²) in [7, 11) is 0. The summed E-state index contributed by atoms with van der Waals surface area (Å²) in [5, 5.41) is 6.12. The first kappa shape index (κ1) is 22.5. The Morgan fingerprint density at radius 3 is 2.64 bits per heavy atom. The van der Waals surface area contributed by atoms with Crippen molar-refractivity contribution >= 4 is 28.9 Å². The number of likely N-dealkylation sites (N-methyl/N-ethyl adjacent to an activating group) is 1. The number of hydrogen-bond donors (Lipinski definition) is 2. The number of amides is 1. The lowest BCUT2D eigenvalue weighted by atomic mass is 9.96. The summed E-state index contributed by atoms with van der Waals surface area (Å²) in [6, 6.07) is 16.2. The minimum absolute atomic E-state index is 0.119. The van der Waals surface area contributed by atoms with Crippen LogP contribution < -0.4 is 15.5 Å². The van der Waals surface area contributed by atoms with Crippen molar-refractivity contribution in [1.29, 1.82) is 0 Å². The van der Waals surface area contributed by atoms with Gasteiger partial charge in [-0.1, -0.05) is 30.3 Å². The third kappa shape index (κ3) is 4.75. The zero-order chi connectivity index (χ0) is 23.4. The molecule has 1 aliphatic carbocycles. The molecule has 1 unspecified atom stereocenters. The normalized spacial score (nSPS) is 18.8. The van der Waals surface area contributed by atoms with Crippen molar-refractivity contribution in [2.75, 3.05) is 16.8 Å². The van der Waals surface area contributed by atoms with Crippen molar-refractivity contribution in [2.24, 2.45) is 4.99 Å². The van der Waals surface area contributed by atoms with Crippen molar-refractivity contribution in [3.8, 4) is 0 Å². The Morgan fingerprint density at radius 1 is 1.15 bits per heavy atom. The fourth-order valence-electron chi connectivity index (χ4n) is 4.33. The summed E-state index contributed by atoms with van der Waals surface area (Å²) in [5.41, 5.74) is 5.06. The summed E-state index contributed by atoms with van der Waals surface area (Å²) in [5.74, 6) is -0.154. The number of aryl methyl sites for hydroxylation is 2. The SMILES string of the molecule is C/C=C1/C(=O)C(C(=O)NCC)=CN(c2ccc3c(c2)CCC3)/C1=N/C(C)Nc1ccccc1. The molecule has 4 rings (SSSR count). The van der Waals surface area contributed by atoms with Crippen LogP contribution in [0.1, 0.15) is 38.3 Å². The van der Waals surface area contributed by atoms with Gasteiger partial charge in [0.15, 0.2) is 0 Å². The molecule has 170 valence electrons. The molecule has 0 saturated carbocycles. The van der Waals surface area contributed by atoms with Crippen molar-refractivity contribution in [1.82, 2.24) is 5.32 Å². The number of rotatable bonds is 6. The maximum Gasteiger partial charge on any atom is 0.256 e. The zero-order valence-electron chi connectivity index (χ0n) is 19.4. The lowest BCUT2D eigenvalue weighted by molar-refractivity contribution is -0.121. The van der Waals surface area contributed by atoms with Crippen LogP contribution in [0.4, 0.5) is 11.4 Å². The fourth-order valence-corrected chi connectivity index (χ4v) is 4.33. The van der Waals surface area contributed by atoms with E-state index in [1.54, 1.807) is 19.2 Å². The number of allylic oxidation sites excluding steroid dienone is 1. The van der Waals surface area contributed by atoms with Gasteiger partial charge in [0.25, 0.3) is 5.91 Å². The average Bonchev–Trinajstić information content (AvgIpc) is 3.28. The molecule has 0 saturated heterocycles. The van der Waals surface area contributed by atoms with Crippen molar-refractivity contribution in [2.45, 2.75) is 46.2 Å². The molecule has 6 heteroatoms. The molecule has 0 fully saturated rings. The van der Waals surface area contributed by atoms with Gasteiger partial charge in [-0.2, -0.15) is 0 Å². The Kier molecular flexibility index (Phi) is 6.73. The van der Waals surface area contributed by atoms with Crippen LogP contribution in [0.25, 0.3) is 0 Å². The molecule has 2 aromatic carbocycles. The van der Waals surface area contributed by atoms with E-state index in [0.717, 1.165) is 30.6 Å². The Balaban J connectivity index is 1.79. The maximum absolute atomic E-state index is 13.3. The number of para-hydroxylation sites is 1. The molecule has 1 atom stereocenters. The van der Waals surface area contributed by atoms with Crippen LogP contribution in [0.2, 0.25) is 0 Å². The van der Waals surface area contributed by atoms with Gasteiger partial charge in [0, 0.05) is 24.1 Å².